The molecular weight excluding hydrogens is 481 g/mol. The Morgan fingerprint density at radius 2 is 1.79 bits per heavy atom. The minimum Gasteiger partial charge on any atom is -0.459 e. The van der Waals surface area contributed by atoms with Crippen molar-refractivity contribution in [3.05, 3.63) is 60.1 Å². The first-order chi connectivity index (χ1) is 13.8. The largest absolute Gasteiger partial charge is 0.459 e. The van der Waals surface area contributed by atoms with Crippen molar-refractivity contribution >= 4 is 35.8 Å². The summed E-state index contributed by atoms with van der Waals surface area (Å²) in [6.07, 6.45) is 4.00. The first kappa shape index (κ1) is 23.2. The van der Waals surface area contributed by atoms with Gasteiger partial charge in [0.2, 0.25) is 0 Å². The molecule has 0 aliphatic carbocycles. The van der Waals surface area contributed by atoms with Crippen LogP contribution < -0.4 is 16.0 Å². The minimum atomic E-state index is -0.215. The quantitative estimate of drug-likeness (QED) is 0.220. The normalized spacial score (nSPS) is 15.4. The first-order valence-corrected chi connectivity index (χ1v) is 9.83. The van der Waals surface area contributed by atoms with E-state index in [1.54, 1.807) is 19.2 Å². The van der Waals surface area contributed by atoms with Gasteiger partial charge >= 0.3 is 0 Å². The molecule has 3 N–H and O–H groups in total. The summed E-state index contributed by atoms with van der Waals surface area (Å²) in [4.78, 5) is 18.7. The van der Waals surface area contributed by atoms with Crippen molar-refractivity contribution in [1.29, 1.82) is 0 Å². The monoisotopic (exact) mass is 511 g/mol. The van der Waals surface area contributed by atoms with E-state index in [0.717, 1.165) is 25.6 Å². The molecule has 1 amide bonds. The van der Waals surface area contributed by atoms with E-state index in [4.69, 9.17) is 4.42 Å². The Bertz CT molecular complexity index is 746. The molecule has 1 saturated heterocycles. The second-order valence-corrected chi connectivity index (χ2v) is 6.78. The van der Waals surface area contributed by atoms with E-state index in [2.05, 4.69) is 56.2 Å². The van der Waals surface area contributed by atoms with E-state index in [9.17, 15) is 4.79 Å². The number of carbonyl (C=O) groups excluding carboxylic acids is 1. The fourth-order valence-electron chi connectivity index (χ4n) is 3.45. The molecule has 0 bridgehead atoms. The zero-order valence-corrected chi connectivity index (χ0v) is 19.1. The molecule has 1 unspecified atom stereocenters. The smallest absolute Gasteiger partial charge is 0.287 e. The van der Waals surface area contributed by atoms with E-state index in [1.807, 2.05) is 0 Å². The second-order valence-electron chi connectivity index (χ2n) is 6.78. The number of benzene rings is 1. The van der Waals surface area contributed by atoms with E-state index < -0.39 is 0 Å². The predicted octanol–water partition coefficient (Wildman–Crippen LogP) is 2.63. The summed E-state index contributed by atoms with van der Waals surface area (Å²) >= 11 is 0. The molecular formula is C21H30IN5O2. The van der Waals surface area contributed by atoms with Gasteiger partial charge in [-0.05, 0) is 43.6 Å². The molecule has 1 aromatic heterocycles. The van der Waals surface area contributed by atoms with Gasteiger partial charge in [-0.3, -0.25) is 14.7 Å². The highest BCUT2D eigenvalue weighted by Crippen LogP contribution is 2.24. The van der Waals surface area contributed by atoms with Gasteiger partial charge in [0, 0.05) is 26.7 Å². The first-order valence-electron chi connectivity index (χ1n) is 9.83. The van der Waals surface area contributed by atoms with Gasteiger partial charge in [0.1, 0.15) is 0 Å². The Labute approximate surface area is 189 Å². The van der Waals surface area contributed by atoms with Crippen molar-refractivity contribution in [3.8, 4) is 0 Å². The van der Waals surface area contributed by atoms with Crippen LogP contribution in [0.5, 0.6) is 0 Å². The molecule has 0 spiro atoms. The highest BCUT2D eigenvalue weighted by atomic mass is 127. The Balaban J connectivity index is 0.00000300. The Morgan fingerprint density at radius 1 is 1.07 bits per heavy atom. The van der Waals surface area contributed by atoms with Crippen LogP contribution in [-0.4, -0.2) is 56.5 Å². The molecule has 8 heteroatoms. The van der Waals surface area contributed by atoms with Gasteiger partial charge in [0.25, 0.3) is 5.91 Å². The molecule has 2 heterocycles. The lowest BCUT2D eigenvalue weighted by Gasteiger charge is -2.29. The maximum atomic E-state index is 11.9. The van der Waals surface area contributed by atoms with Crippen LogP contribution in [0.25, 0.3) is 0 Å². The molecule has 29 heavy (non-hydrogen) atoms. The lowest BCUT2D eigenvalue weighted by Crippen LogP contribution is -2.44. The minimum absolute atomic E-state index is 0. The summed E-state index contributed by atoms with van der Waals surface area (Å²) in [6.45, 7) is 4.10. The van der Waals surface area contributed by atoms with Crippen LogP contribution >= 0.6 is 24.0 Å². The van der Waals surface area contributed by atoms with E-state index in [0.29, 0.717) is 24.9 Å². The third-order valence-electron chi connectivity index (χ3n) is 4.90. The van der Waals surface area contributed by atoms with Crippen LogP contribution in [0.3, 0.4) is 0 Å². The number of amides is 1. The number of likely N-dealkylation sites (tertiary alicyclic amines) is 1. The molecule has 1 aromatic carbocycles. The maximum Gasteiger partial charge on any atom is 0.287 e. The number of furan rings is 1. The number of nitrogens with zero attached hydrogens (tertiary/aromatic N) is 2. The number of guanidine groups is 1. The number of carbonyl (C=O) groups is 1. The lowest BCUT2D eigenvalue weighted by atomic mass is 10.1. The Hall–Kier alpha value is -2.07. The number of nitrogens with one attached hydrogen (secondary N) is 3. The molecule has 0 radical (unpaired) electrons. The van der Waals surface area contributed by atoms with Gasteiger partial charge in [0.15, 0.2) is 11.7 Å². The molecule has 1 aliphatic rings. The number of aliphatic imine (C=N–C) groups is 1. The van der Waals surface area contributed by atoms with Crippen molar-refractivity contribution in [3.63, 3.8) is 0 Å². The summed E-state index contributed by atoms with van der Waals surface area (Å²) in [7, 11) is 1.75. The van der Waals surface area contributed by atoms with E-state index in [1.165, 1.54) is 24.7 Å². The maximum absolute atomic E-state index is 11.9. The molecule has 1 atom stereocenters. The fourth-order valence-corrected chi connectivity index (χ4v) is 3.45. The SMILES string of the molecule is CN=C(NCCNC(=O)c1ccco1)NCC(c1ccccc1)N1CCCC1.I. The Kier molecular flexibility index (Phi) is 9.99. The topological polar surface area (TPSA) is 81.9 Å². The van der Waals surface area contributed by atoms with Crippen molar-refractivity contribution in [2.75, 3.05) is 39.8 Å². The van der Waals surface area contributed by atoms with Gasteiger partial charge in [-0.2, -0.15) is 0 Å². The zero-order chi connectivity index (χ0) is 19.6. The van der Waals surface area contributed by atoms with E-state index in [-0.39, 0.29) is 29.9 Å². The summed E-state index contributed by atoms with van der Waals surface area (Å²) in [5, 5.41) is 9.48. The van der Waals surface area contributed by atoms with Gasteiger partial charge in [0.05, 0.1) is 12.3 Å². The predicted molar refractivity (Wildman–Crippen MR) is 126 cm³/mol. The van der Waals surface area contributed by atoms with Crippen LogP contribution in [0.15, 0.2) is 58.1 Å². The third kappa shape index (κ3) is 7.04. The summed E-state index contributed by atoms with van der Waals surface area (Å²) in [5.41, 5.74) is 1.32. The van der Waals surface area contributed by atoms with Gasteiger partial charge in [-0.1, -0.05) is 30.3 Å². The van der Waals surface area contributed by atoms with Crippen molar-refractivity contribution in [2.45, 2.75) is 18.9 Å². The average molecular weight is 511 g/mol. The summed E-state index contributed by atoms with van der Waals surface area (Å²) < 4.78 is 5.08. The highest BCUT2D eigenvalue weighted by Gasteiger charge is 2.23. The lowest BCUT2D eigenvalue weighted by molar-refractivity contribution is 0.0926. The van der Waals surface area contributed by atoms with E-state index >= 15 is 0 Å². The van der Waals surface area contributed by atoms with Crippen LogP contribution in [-0.2, 0) is 0 Å². The summed E-state index contributed by atoms with van der Waals surface area (Å²) in [5.74, 6) is 0.833. The third-order valence-corrected chi connectivity index (χ3v) is 4.90. The molecule has 7 nitrogen and oxygen atoms in total. The van der Waals surface area contributed by atoms with Crippen molar-refractivity contribution in [1.82, 2.24) is 20.9 Å². The second kappa shape index (κ2) is 12.5. The fraction of sp³-hybridized carbons (Fsp3) is 0.429. The van der Waals surface area contributed by atoms with Crippen LogP contribution in [0, 0.1) is 0 Å². The number of hydrogen-bond acceptors (Lipinski definition) is 4. The average Bonchev–Trinajstić information content (AvgIpc) is 3.45. The molecule has 1 fully saturated rings. The van der Waals surface area contributed by atoms with Gasteiger partial charge in [-0.25, -0.2) is 0 Å². The van der Waals surface area contributed by atoms with Crippen LogP contribution in [0.1, 0.15) is 35.0 Å². The van der Waals surface area contributed by atoms with Crippen LogP contribution in [0.2, 0.25) is 0 Å². The van der Waals surface area contributed by atoms with Crippen LogP contribution in [0.4, 0.5) is 0 Å². The number of hydrogen-bond donors (Lipinski definition) is 3. The molecule has 3 rings (SSSR count). The standard InChI is InChI=1S/C21H29N5O2.HI/c1-22-21(24-12-11-23-20(27)19-10-7-15-28-19)25-16-18(26-13-5-6-14-26)17-8-3-2-4-9-17;/h2-4,7-10,15,18H,5-6,11-14,16H2,1H3,(H,23,27)(H2,22,24,25);1H. The summed E-state index contributed by atoms with van der Waals surface area (Å²) in [6, 6.07) is 14.3. The molecule has 158 valence electrons. The van der Waals surface area contributed by atoms with Gasteiger partial charge < -0.3 is 20.4 Å². The number of halogens is 1. The molecule has 0 saturated carbocycles. The number of rotatable bonds is 8. The van der Waals surface area contributed by atoms with Gasteiger partial charge in [-0.15, -0.1) is 24.0 Å². The highest BCUT2D eigenvalue weighted by molar-refractivity contribution is 14.0. The Morgan fingerprint density at radius 3 is 2.45 bits per heavy atom. The zero-order valence-electron chi connectivity index (χ0n) is 16.8. The van der Waals surface area contributed by atoms with Crippen molar-refractivity contribution < 1.29 is 9.21 Å². The molecule has 1 aliphatic heterocycles. The molecule has 2 aromatic rings. The van der Waals surface area contributed by atoms with Crippen molar-refractivity contribution in [2.24, 2.45) is 4.99 Å².